The summed E-state index contributed by atoms with van der Waals surface area (Å²) in [6.07, 6.45) is 5.80. The van der Waals surface area contributed by atoms with E-state index in [4.69, 9.17) is 28.2 Å². The minimum atomic E-state index is -0.731. The summed E-state index contributed by atoms with van der Waals surface area (Å²) in [6, 6.07) is 2.08. The Morgan fingerprint density at radius 2 is 2.11 bits per heavy atom. The number of nitrogens with zero attached hydrogens (tertiary/aromatic N) is 2. The Morgan fingerprint density at radius 1 is 1.32 bits per heavy atom. The summed E-state index contributed by atoms with van der Waals surface area (Å²) in [5.41, 5.74) is 3.48. The maximum Gasteiger partial charge on any atom is 0.304 e. The molecule has 2 aromatic heterocycles. The van der Waals surface area contributed by atoms with Gasteiger partial charge in [0.15, 0.2) is 0 Å². The van der Waals surface area contributed by atoms with Gasteiger partial charge in [-0.15, -0.1) is 35.0 Å². The molecule has 3 heterocycles. The molecule has 4 rings (SSSR count). The molecule has 1 saturated carbocycles. The van der Waals surface area contributed by atoms with Crippen molar-refractivity contribution in [3.05, 3.63) is 23.7 Å². The topological polar surface area (TPSA) is 55.1 Å². The summed E-state index contributed by atoms with van der Waals surface area (Å²) in [6.45, 7) is 5.21. The van der Waals surface area contributed by atoms with Gasteiger partial charge in [-0.25, -0.2) is 0 Å². The van der Waals surface area contributed by atoms with Crippen LogP contribution in [0.15, 0.2) is 17.2 Å². The van der Waals surface area contributed by atoms with Gasteiger partial charge >= 0.3 is 5.97 Å². The molecular weight excluding hydrogens is 415 g/mol. The number of thioether (sulfide) groups is 1. The summed E-state index contributed by atoms with van der Waals surface area (Å²) >= 11 is 14.7. The number of carboxylic acid groups (broad SMARTS) is 1. The minimum absolute atomic E-state index is 0.00708. The van der Waals surface area contributed by atoms with Crippen molar-refractivity contribution in [2.24, 2.45) is 0 Å². The van der Waals surface area contributed by atoms with Crippen LogP contribution in [0.3, 0.4) is 0 Å². The number of hydrogen-bond acceptors (Lipinski definition) is 3. The average Bonchev–Trinajstić information content (AvgIpc) is 3.17. The van der Waals surface area contributed by atoms with E-state index >= 15 is 0 Å². The third-order valence-electron chi connectivity index (χ3n) is 5.98. The molecule has 1 aliphatic carbocycles. The average molecular weight is 441 g/mol. The molecule has 0 radical (unpaired) electrons. The number of aliphatic carboxylic acids is 1. The van der Waals surface area contributed by atoms with Crippen molar-refractivity contribution in [2.75, 3.05) is 0 Å². The third-order valence-corrected chi connectivity index (χ3v) is 8.53. The molecule has 1 N–H and O–H groups in total. The molecule has 4 nitrogen and oxygen atoms in total. The standard InChI is InChI=1S/C21H26Cl2N2O2S/c1-11(2)19-18-16(5-7-24-19)25-8-6-12(9-17(26)27)20(25)21(18)28-13-3-4-14(22)15(23)10-13/h5,7,11-15H,3-4,6,8-10H2,1-2H3,(H,26,27)/t12?,13?,14?,15-/m0/s1. The van der Waals surface area contributed by atoms with Crippen LogP contribution in [-0.4, -0.2) is 36.6 Å². The van der Waals surface area contributed by atoms with Crippen LogP contribution >= 0.6 is 35.0 Å². The number of carboxylic acids is 1. The zero-order chi connectivity index (χ0) is 20.0. The summed E-state index contributed by atoms with van der Waals surface area (Å²) in [5, 5.41) is 11.1. The van der Waals surface area contributed by atoms with Gasteiger partial charge in [-0.1, -0.05) is 13.8 Å². The molecule has 3 unspecified atom stereocenters. The molecule has 2 aliphatic rings. The van der Waals surface area contributed by atoms with Gasteiger partial charge in [0.25, 0.3) is 0 Å². The first-order chi connectivity index (χ1) is 13.4. The molecule has 1 aliphatic heterocycles. The van der Waals surface area contributed by atoms with Crippen LogP contribution in [-0.2, 0) is 11.3 Å². The number of halogens is 2. The normalized spacial score (nSPS) is 27.5. The Labute approximate surface area is 180 Å². The van der Waals surface area contributed by atoms with E-state index in [-0.39, 0.29) is 23.1 Å². The lowest BCUT2D eigenvalue weighted by atomic mass is 9.98. The van der Waals surface area contributed by atoms with Crippen molar-refractivity contribution in [1.29, 1.82) is 0 Å². The highest BCUT2D eigenvalue weighted by Gasteiger charge is 2.35. The van der Waals surface area contributed by atoms with Crippen LogP contribution in [0, 0.1) is 0 Å². The summed E-state index contributed by atoms with van der Waals surface area (Å²) in [7, 11) is 0. The van der Waals surface area contributed by atoms with E-state index in [0.717, 1.165) is 37.9 Å². The highest BCUT2D eigenvalue weighted by molar-refractivity contribution is 8.00. The lowest BCUT2D eigenvalue weighted by molar-refractivity contribution is -0.137. The first kappa shape index (κ1) is 20.4. The van der Waals surface area contributed by atoms with Crippen LogP contribution in [0.2, 0.25) is 0 Å². The highest BCUT2D eigenvalue weighted by atomic mass is 35.5. The largest absolute Gasteiger partial charge is 0.481 e. The Morgan fingerprint density at radius 3 is 2.79 bits per heavy atom. The summed E-state index contributed by atoms with van der Waals surface area (Å²) < 4.78 is 2.34. The third kappa shape index (κ3) is 3.66. The zero-order valence-corrected chi connectivity index (χ0v) is 18.5. The van der Waals surface area contributed by atoms with Gasteiger partial charge in [-0.2, -0.15) is 0 Å². The lowest BCUT2D eigenvalue weighted by Gasteiger charge is -2.29. The van der Waals surface area contributed by atoms with Crippen molar-refractivity contribution < 1.29 is 9.90 Å². The fourth-order valence-electron chi connectivity index (χ4n) is 4.66. The van der Waals surface area contributed by atoms with E-state index < -0.39 is 5.97 Å². The fourth-order valence-corrected chi connectivity index (χ4v) is 6.95. The molecule has 28 heavy (non-hydrogen) atoms. The van der Waals surface area contributed by atoms with E-state index in [2.05, 4.69) is 24.5 Å². The number of aromatic nitrogens is 2. The SMILES string of the molecule is CC(C)c1nccc2c1c(SC1CCC(Cl)[C@@H](Cl)C1)c1n2CCC1CC(=O)O. The molecule has 2 aromatic rings. The van der Waals surface area contributed by atoms with E-state index in [9.17, 15) is 9.90 Å². The van der Waals surface area contributed by atoms with Crippen LogP contribution < -0.4 is 0 Å². The maximum absolute atomic E-state index is 11.5. The van der Waals surface area contributed by atoms with E-state index in [1.165, 1.54) is 21.5 Å². The van der Waals surface area contributed by atoms with Gasteiger partial charge in [0.05, 0.1) is 28.4 Å². The Kier molecular flexibility index (Phi) is 5.88. The van der Waals surface area contributed by atoms with Crippen LogP contribution in [0.25, 0.3) is 10.9 Å². The Hall–Kier alpha value is -0.910. The van der Waals surface area contributed by atoms with Crippen molar-refractivity contribution in [2.45, 2.75) is 85.2 Å². The van der Waals surface area contributed by atoms with E-state index in [1.807, 2.05) is 18.0 Å². The zero-order valence-electron chi connectivity index (χ0n) is 16.2. The Bertz CT molecular complexity index is 898. The predicted octanol–water partition coefficient (Wildman–Crippen LogP) is 5.98. The van der Waals surface area contributed by atoms with Gasteiger partial charge in [0, 0.05) is 39.9 Å². The molecule has 0 spiro atoms. The van der Waals surface area contributed by atoms with Crippen molar-refractivity contribution >= 4 is 51.8 Å². The first-order valence-electron chi connectivity index (χ1n) is 10.0. The van der Waals surface area contributed by atoms with Crippen molar-refractivity contribution in [3.8, 4) is 0 Å². The second-order valence-electron chi connectivity index (χ2n) is 8.28. The van der Waals surface area contributed by atoms with Gasteiger partial charge < -0.3 is 9.67 Å². The van der Waals surface area contributed by atoms with Gasteiger partial charge in [-0.05, 0) is 37.7 Å². The first-order valence-corrected chi connectivity index (χ1v) is 11.8. The van der Waals surface area contributed by atoms with Gasteiger partial charge in [-0.3, -0.25) is 9.78 Å². The quantitative estimate of drug-likeness (QED) is 0.580. The van der Waals surface area contributed by atoms with Crippen LogP contribution in [0.5, 0.6) is 0 Å². The number of rotatable bonds is 5. The molecular formula is C21H26Cl2N2O2S. The lowest BCUT2D eigenvalue weighted by Crippen LogP contribution is -2.27. The van der Waals surface area contributed by atoms with Crippen molar-refractivity contribution in [1.82, 2.24) is 9.55 Å². The van der Waals surface area contributed by atoms with Gasteiger partial charge in [0.2, 0.25) is 0 Å². The second-order valence-corrected chi connectivity index (χ2v) is 10.7. The fraction of sp³-hybridized carbons (Fsp3) is 0.619. The number of pyridine rings is 1. The number of aryl methyl sites for hydroxylation is 1. The molecule has 0 aromatic carbocycles. The number of fused-ring (bicyclic) bond motifs is 3. The monoisotopic (exact) mass is 440 g/mol. The van der Waals surface area contributed by atoms with Gasteiger partial charge in [0.1, 0.15) is 0 Å². The van der Waals surface area contributed by atoms with Crippen LogP contribution in [0.1, 0.15) is 69.2 Å². The van der Waals surface area contributed by atoms with E-state index in [0.29, 0.717) is 11.2 Å². The summed E-state index contributed by atoms with van der Waals surface area (Å²) in [4.78, 5) is 17.4. The molecule has 4 atom stereocenters. The number of hydrogen-bond donors (Lipinski definition) is 1. The molecule has 0 amide bonds. The molecule has 7 heteroatoms. The van der Waals surface area contributed by atoms with E-state index in [1.54, 1.807) is 0 Å². The molecule has 1 fully saturated rings. The maximum atomic E-state index is 11.5. The number of alkyl halides is 2. The molecule has 152 valence electrons. The molecule has 0 saturated heterocycles. The molecule has 0 bridgehead atoms. The predicted molar refractivity (Wildman–Crippen MR) is 116 cm³/mol. The summed E-state index contributed by atoms with van der Waals surface area (Å²) in [5.74, 6) is -0.364. The van der Waals surface area contributed by atoms with Crippen molar-refractivity contribution in [3.63, 3.8) is 0 Å². The minimum Gasteiger partial charge on any atom is -0.481 e. The second kappa shape index (κ2) is 8.08. The Balaban J connectivity index is 1.81. The number of carbonyl (C=O) groups is 1. The smallest absolute Gasteiger partial charge is 0.304 e. The van der Waals surface area contributed by atoms with Crippen LogP contribution in [0.4, 0.5) is 0 Å². The highest BCUT2D eigenvalue weighted by Crippen LogP contribution is 2.49.